The van der Waals surface area contributed by atoms with Gasteiger partial charge in [-0.2, -0.15) is 0 Å². The molecule has 0 aliphatic rings. The fourth-order valence-corrected chi connectivity index (χ4v) is 4.39. The van der Waals surface area contributed by atoms with E-state index in [4.69, 9.17) is 16.3 Å². The minimum atomic E-state index is -3.62. The minimum absolute atomic E-state index is 0.0337. The monoisotopic (exact) mass is 454 g/mol. The van der Waals surface area contributed by atoms with Crippen LogP contribution < -0.4 is 20.3 Å². The zero-order valence-corrected chi connectivity index (χ0v) is 18.1. The predicted octanol–water partition coefficient (Wildman–Crippen LogP) is 3.63. The van der Waals surface area contributed by atoms with Gasteiger partial charge in [0, 0.05) is 7.05 Å². The molecule has 0 radical (unpaired) electrons. The predicted molar refractivity (Wildman–Crippen MR) is 116 cm³/mol. The SMILES string of the molecule is CCCS(=O)(=O)Nc1ccc(F)c(Nc2ccc3ncn(C)c(=O)c3c2OC)c1Cl. The average Bonchev–Trinajstić information content (AvgIpc) is 2.69. The molecular weight excluding hydrogens is 435 g/mol. The first kappa shape index (κ1) is 21.8. The van der Waals surface area contributed by atoms with Crippen molar-refractivity contribution in [1.82, 2.24) is 9.55 Å². The van der Waals surface area contributed by atoms with Gasteiger partial charge >= 0.3 is 0 Å². The topological polar surface area (TPSA) is 102 Å². The summed E-state index contributed by atoms with van der Waals surface area (Å²) in [7, 11) is -0.696. The van der Waals surface area contributed by atoms with E-state index in [9.17, 15) is 17.6 Å². The van der Waals surface area contributed by atoms with Crippen molar-refractivity contribution >= 4 is 49.6 Å². The van der Waals surface area contributed by atoms with Crippen molar-refractivity contribution < 1.29 is 17.5 Å². The normalized spacial score (nSPS) is 11.5. The number of methoxy groups -OCH3 is 1. The van der Waals surface area contributed by atoms with Gasteiger partial charge in [-0.1, -0.05) is 18.5 Å². The summed E-state index contributed by atoms with van der Waals surface area (Å²) < 4.78 is 47.7. The highest BCUT2D eigenvalue weighted by atomic mass is 35.5. The van der Waals surface area contributed by atoms with Crippen LogP contribution in [0.25, 0.3) is 10.9 Å². The number of hydrogen-bond donors (Lipinski definition) is 2. The van der Waals surface area contributed by atoms with Gasteiger partial charge in [-0.25, -0.2) is 17.8 Å². The van der Waals surface area contributed by atoms with E-state index in [0.717, 1.165) is 6.07 Å². The van der Waals surface area contributed by atoms with E-state index in [-0.39, 0.29) is 44.5 Å². The molecule has 160 valence electrons. The summed E-state index contributed by atoms with van der Waals surface area (Å²) in [6, 6.07) is 5.48. The number of benzene rings is 2. The Morgan fingerprint density at radius 1 is 1.23 bits per heavy atom. The van der Waals surface area contributed by atoms with Crippen molar-refractivity contribution in [3.63, 3.8) is 0 Å². The standard InChI is InChI=1S/C19H20ClFN4O4S/c1-4-9-30(27,28)24-13-6-5-11(21)17(16(13)20)23-14-8-7-12-15(18(14)29-3)19(26)25(2)10-22-12/h5-8,10,23-24H,4,9H2,1-3H3. The highest BCUT2D eigenvalue weighted by Crippen LogP contribution is 2.39. The van der Waals surface area contributed by atoms with Gasteiger partial charge in [0.05, 0.1) is 46.8 Å². The highest BCUT2D eigenvalue weighted by molar-refractivity contribution is 7.92. The van der Waals surface area contributed by atoms with Gasteiger partial charge in [-0.15, -0.1) is 0 Å². The first-order valence-electron chi connectivity index (χ1n) is 8.96. The number of fused-ring (bicyclic) bond motifs is 1. The van der Waals surface area contributed by atoms with Gasteiger partial charge < -0.3 is 14.6 Å². The molecule has 0 aliphatic carbocycles. The molecule has 30 heavy (non-hydrogen) atoms. The maximum Gasteiger partial charge on any atom is 0.264 e. The Labute approximate surface area is 177 Å². The van der Waals surface area contributed by atoms with Gasteiger partial charge in [-0.3, -0.25) is 9.52 Å². The zero-order chi connectivity index (χ0) is 22.1. The van der Waals surface area contributed by atoms with Crippen LogP contribution in [0.3, 0.4) is 0 Å². The second kappa shape index (κ2) is 8.49. The molecule has 2 aromatic carbocycles. The Kier molecular flexibility index (Phi) is 6.18. The number of rotatable bonds is 7. The smallest absolute Gasteiger partial charge is 0.264 e. The third-order valence-electron chi connectivity index (χ3n) is 4.33. The van der Waals surface area contributed by atoms with Crippen LogP contribution in [0, 0.1) is 5.82 Å². The summed E-state index contributed by atoms with van der Waals surface area (Å²) in [5, 5.41) is 2.87. The van der Waals surface area contributed by atoms with E-state index in [1.165, 1.54) is 24.1 Å². The van der Waals surface area contributed by atoms with Crippen LogP contribution in [0.15, 0.2) is 35.4 Å². The Balaban J connectivity index is 2.11. The van der Waals surface area contributed by atoms with E-state index in [0.29, 0.717) is 11.9 Å². The summed E-state index contributed by atoms with van der Waals surface area (Å²) in [5.74, 6) is -0.647. The van der Waals surface area contributed by atoms with Gasteiger partial charge in [-0.05, 0) is 30.7 Å². The third kappa shape index (κ3) is 4.19. The first-order chi connectivity index (χ1) is 14.2. The summed E-state index contributed by atoms with van der Waals surface area (Å²) in [6.45, 7) is 1.73. The van der Waals surface area contributed by atoms with Crippen LogP contribution in [-0.2, 0) is 17.1 Å². The van der Waals surface area contributed by atoms with Crippen LogP contribution in [-0.4, -0.2) is 30.8 Å². The van der Waals surface area contributed by atoms with Crippen molar-refractivity contribution in [3.8, 4) is 5.75 Å². The molecule has 2 N–H and O–H groups in total. The molecule has 0 fully saturated rings. The molecule has 0 amide bonds. The fraction of sp³-hybridized carbons (Fsp3) is 0.263. The van der Waals surface area contributed by atoms with E-state index in [1.54, 1.807) is 26.1 Å². The molecule has 8 nitrogen and oxygen atoms in total. The highest BCUT2D eigenvalue weighted by Gasteiger charge is 2.19. The van der Waals surface area contributed by atoms with Crippen LogP contribution in [0.4, 0.5) is 21.5 Å². The molecule has 0 atom stereocenters. The van der Waals surface area contributed by atoms with Crippen LogP contribution in [0.1, 0.15) is 13.3 Å². The lowest BCUT2D eigenvalue weighted by Crippen LogP contribution is -2.18. The lowest BCUT2D eigenvalue weighted by molar-refractivity contribution is 0.421. The molecular formula is C19H20ClFN4O4S. The molecule has 3 rings (SSSR count). The van der Waals surface area contributed by atoms with Gasteiger partial charge in [0.15, 0.2) is 5.75 Å². The van der Waals surface area contributed by atoms with Crippen LogP contribution in [0.2, 0.25) is 5.02 Å². The molecule has 1 heterocycles. The molecule has 0 aliphatic heterocycles. The van der Waals surface area contributed by atoms with Crippen molar-refractivity contribution in [2.24, 2.45) is 7.05 Å². The lowest BCUT2D eigenvalue weighted by atomic mass is 10.1. The average molecular weight is 455 g/mol. The second-order valence-electron chi connectivity index (χ2n) is 6.53. The van der Waals surface area contributed by atoms with E-state index in [2.05, 4.69) is 15.0 Å². The van der Waals surface area contributed by atoms with Crippen molar-refractivity contribution in [3.05, 3.63) is 51.8 Å². The molecule has 0 bridgehead atoms. The lowest BCUT2D eigenvalue weighted by Gasteiger charge is -2.17. The third-order valence-corrected chi connectivity index (χ3v) is 6.20. The summed E-state index contributed by atoms with van der Waals surface area (Å²) in [6.07, 6.45) is 1.80. The Hall–Kier alpha value is -2.85. The van der Waals surface area contributed by atoms with Gasteiger partial charge in [0.1, 0.15) is 11.2 Å². The number of halogens is 2. The van der Waals surface area contributed by atoms with E-state index in [1.807, 2.05) is 0 Å². The van der Waals surface area contributed by atoms with E-state index >= 15 is 0 Å². The number of hydrogen-bond acceptors (Lipinski definition) is 6. The molecule has 0 saturated carbocycles. The molecule has 1 aromatic heterocycles. The Morgan fingerprint density at radius 3 is 2.60 bits per heavy atom. The van der Waals surface area contributed by atoms with Crippen LogP contribution >= 0.6 is 11.6 Å². The fourth-order valence-electron chi connectivity index (χ4n) is 2.94. The van der Waals surface area contributed by atoms with Crippen molar-refractivity contribution in [1.29, 1.82) is 0 Å². The maximum atomic E-state index is 14.5. The number of nitrogens with one attached hydrogen (secondary N) is 2. The quantitative estimate of drug-likeness (QED) is 0.565. The molecule has 0 saturated heterocycles. The maximum absolute atomic E-state index is 14.5. The summed E-state index contributed by atoms with van der Waals surface area (Å²) >= 11 is 6.29. The second-order valence-corrected chi connectivity index (χ2v) is 8.75. The Bertz CT molecular complexity index is 1280. The number of ether oxygens (including phenoxy) is 1. The molecule has 0 unspecified atom stereocenters. The zero-order valence-electron chi connectivity index (χ0n) is 16.5. The number of aryl methyl sites for hydroxylation is 1. The largest absolute Gasteiger partial charge is 0.494 e. The molecule has 0 spiro atoms. The summed E-state index contributed by atoms with van der Waals surface area (Å²) in [5.41, 5.74) is 0.212. The number of anilines is 3. The van der Waals surface area contributed by atoms with Crippen molar-refractivity contribution in [2.75, 3.05) is 22.9 Å². The molecule has 11 heteroatoms. The van der Waals surface area contributed by atoms with Gasteiger partial charge in [0.2, 0.25) is 10.0 Å². The van der Waals surface area contributed by atoms with Gasteiger partial charge in [0.25, 0.3) is 5.56 Å². The number of sulfonamides is 1. The first-order valence-corrected chi connectivity index (χ1v) is 11.0. The molecule has 3 aromatic rings. The van der Waals surface area contributed by atoms with E-state index < -0.39 is 15.8 Å². The van der Waals surface area contributed by atoms with Crippen LogP contribution in [0.5, 0.6) is 5.75 Å². The minimum Gasteiger partial charge on any atom is -0.494 e. The Morgan fingerprint density at radius 2 is 1.93 bits per heavy atom. The number of aromatic nitrogens is 2. The number of nitrogens with zero attached hydrogens (tertiary/aromatic N) is 2. The van der Waals surface area contributed by atoms with Crippen molar-refractivity contribution in [2.45, 2.75) is 13.3 Å². The summed E-state index contributed by atoms with van der Waals surface area (Å²) in [4.78, 5) is 16.7.